The summed E-state index contributed by atoms with van der Waals surface area (Å²) < 4.78 is 11.6. The van der Waals surface area contributed by atoms with Crippen molar-refractivity contribution >= 4 is 38.9 Å². The van der Waals surface area contributed by atoms with Gasteiger partial charge in [0.05, 0.1) is 19.1 Å². The highest BCUT2D eigenvalue weighted by atomic mass is 32.1. The van der Waals surface area contributed by atoms with Crippen LogP contribution in [0, 0.1) is 0 Å². The molecular formula is C22H22N2O4S. The van der Waals surface area contributed by atoms with E-state index in [0.717, 1.165) is 40.9 Å². The highest BCUT2D eigenvalue weighted by Crippen LogP contribution is 2.32. The van der Waals surface area contributed by atoms with Gasteiger partial charge < -0.3 is 19.7 Å². The molecule has 2 heterocycles. The number of fused-ring (bicyclic) bond motifs is 1. The van der Waals surface area contributed by atoms with Crippen LogP contribution in [0.15, 0.2) is 42.5 Å². The van der Waals surface area contributed by atoms with Gasteiger partial charge in [-0.05, 0) is 54.6 Å². The quantitative estimate of drug-likeness (QED) is 0.677. The van der Waals surface area contributed by atoms with Gasteiger partial charge in [-0.15, -0.1) is 11.3 Å². The van der Waals surface area contributed by atoms with E-state index in [-0.39, 0.29) is 11.8 Å². The zero-order valence-electron chi connectivity index (χ0n) is 16.4. The monoisotopic (exact) mass is 410 g/mol. The lowest BCUT2D eigenvalue weighted by molar-refractivity contribution is 0.0797. The number of nitrogens with zero attached hydrogens (tertiary/aromatic N) is 1. The van der Waals surface area contributed by atoms with E-state index >= 15 is 0 Å². The molecular weight excluding hydrogens is 388 g/mol. The minimum absolute atomic E-state index is 0.0908. The first kappa shape index (κ1) is 19.3. The first-order valence-corrected chi connectivity index (χ1v) is 10.3. The Kier molecular flexibility index (Phi) is 5.40. The van der Waals surface area contributed by atoms with E-state index in [1.807, 2.05) is 29.2 Å². The third-order valence-corrected chi connectivity index (χ3v) is 6.14. The van der Waals surface area contributed by atoms with Crippen LogP contribution in [-0.2, 0) is 0 Å². The topological polar surface area (TPSA) is 67.9 Å². The van der Waals surface area contributed by atoms with Crippen molar-refractivity contribution in [1.29, 1.82) is 0 Å². The Balaban J connectivity index is 1.59. The van der Waals surface area contributed by atoms with Crippen LogP contribution in [0.4, 0.5) is 5.69 Å². The molecule has 4 rings (SSSR count). The number of nitrogens with one attached hydrogen (secondary N) is 1. The molecule has 1 fully saturated rings. The van der Waals surface area contributed by atoms with Crippen molar-refractivity contribution in [3.8, 4) is 11.5 Å². The number of rotatable bonds is 5. The van der Waals surface area contributed by atoms with Crippen molar-refractivity contribution in [1.82, 2.24) is 4.90 Å². The van der Waals surface area contributed by atoms with E-state index < -0.39 is 0 Å². The molecule has 2 amide bonds. The number of methoxy groups -OCH3 is 2. The summed E-state index contributed by atoms with van der Waals surface area (Å²) >= 11 is 1.48. The summed E-state index contributed by atoms with van der Waals surface area (Å²) in [7, 11) is 3.03. The van der Waals surface area contributed by atoms with E-state index in [4.69, 9.17) is 9.47 Å². The highest BCUT2D eigenvalue weighted by molar-refractivity contribution is 7.20. The maximum Gasteiger partial charge on any atom is 0.263 e. The zero-order chi connectivity index (χ0) is 20.4. The van der Waals surface area contributed by atoms with Gasteiger partial charge in [0.25, 0.3) is 11.8 Å². The number of anilines is 1. The lowest BCUT2D eigenvalue weighted by Gasteiger charge is -2.13. The predicted octanol–water partition coefficient (Wildman–Crippen LogP) is 4.41. The van der Waals surface area contributed by atoms with Gasteiger partial charge in [0.15, 0.2) is 0 Å². The van der Waals surface area contributed by atoms with E-state index in [9.17, 15) is 9.59 Å². The molecule has 3 aromatic rings. The normalized spacial score (nSPS) is 13.5. The molecule has 0 unspecified atom stereocenters. The van der Waals surface area contributed by atoms with Gasteiger partial charge in [0.1, 0.15) is 17.1 Å². The Bertz CT molecular complexity index is 1050. The van der Waals surface area contributed by atoms with E-state index in [1.54, 1.807) is 18.2 Å². The van der Waals surface area contributed by atoms with Gasteiger partial charge >= 0.3 is 0 Å². The Morgan fingerprint density at radius 3 is 2.34 bits per heavy atom. The molecule has 1 aliphatic heterocycles. The second kappa shape index (κ2) is 8.13. The summed E-state index contributed by atoms with van der Waals surface area (Å²) in [5, 5.41) is 3.84. The smallest absolute Gasteiger partial charge is 0.263 e. The zero-order valence-corrected chi connectivity index (χ0v) is 17.2. The lowest BCUT2D eigenvalue weighted by Crippen LogP contribution is -2.26. The fraction of sp³-hybridized carbons (Fsp3) is 0.273. The Morgan fingerprint density at radius 1 is 1.00 bits per heavy atom. The van der Waals surface area contributed by atoms with Crippen LogP contribution in [0.25, 0.3) is 10.1 Å². The largest absolute Gasteiger partial charge is 0.496 e. The molecule has 1 saturated heterocycles. The minimum atomic E-state index is -0.317. The fourth-order valence-electron chi connectivity index (χ4n) is 3.57. The number of hydrogen-bond acceptors (Lipinski definition) is 5. The molecule has 0 spiro atoms. The summed E-state index contributed by atoms with van der Waals surface area (Å²) in [6.07, 6.45) is 2.14. The predicted molar refractivity (Wildman–Crippen MR) is 114 cm³/mol. The molecule has 2 aromatic carbocycles. The number of benzene rings is 2. The van der Waals surface area contributed by atoms with Crippen molar-refractivity contribution in [3.05, 3.63) is 52.9 Å². The van der Waals surface area contributed by atoms with Gasteiger partial charge in [-0.1, -0.05) is 6.07 Å². The van der Waals surface area contributed by atoms with Gasteiger partial charge in [-0.25, -0.2) is 0 Å². The number of ether oxygens (including phenoxy) is 2. The number of amides is 2. The summed E-state index contributed by atoms with van der Waals surface area (Å²) in [6, 6.07) is 12.8. The lowest BCUT2D eigenvalue weighted by atomic mass is 10.1. The van der Waals surface area contributed by atoms with Crippen LogP contribution in [0.2, 0.25) is 0 Å². The maximum atomic E-state index is 12.9. The fourth-order valence-corrected chi connectivity index (χ4v) is 4.58. The number of thiophene rings is 1. The average molecular weight is 410 g/mol. The van der Waals surface area contributed by atoms with Crippen LogP contribution >= 0.6 is 11.3 Å². The van der Waals surface area contributed by atoms with Crippen molar-refractivity contribution in [2.75, 3.05) is 32.6 Å². The third-order valence-electron chi connectivity index (χ3n) is 5.03. The van der Waals surface area contributed by atoms with Gasteiger partial charge in [0.2, 0.25) is 0 Å². The van der Waals surface area contributed by atoms with Crippen LogP contribution in [-0.4, -0.2) is 44.0 Å². The summed E-state index contributed by atoms with van der Waals surface area (Å²) in [5.74, 6) is 0.657. The van der Waals surface area contributed by atoms with Crippen molar-refractivity contribution < 1.29 is 19.1 Å². The van der Waals surface area contributed by atoms with Gasteiger partial charge in [0, 0.05) is 23.5 Å². The van der Waals surface area contributed by atoms with E-state index in [1.165, 1.54) is 25.6 Å². The van der Waals surface area contributed by atoms with Gasteiger partial charge in [-0.2, -0.15) is 0 Å². The number of likely N-dealkylation sites (tertiary alicyclic amines) is 1. The Hall–Kier alpha value is -3.06. The third kappa shape index (κ3) is 3.78. The molecule has 150 valence electrons. The molecule has 29 heavy (non-hydrogen) atoms. The first-order chi connectivity index (χ1) is 14.1. The summed E-state index contributed by atoms with van der Waals surface area (Å²) in [6.45, 7) is 1.66. The van der Waals surface area contributed by atoms with Crippen LogP contribution in [0.3, 0.4) is 0 Å². The van der Waals surface area contributed by atoms with Crippen LogP contribution in [0.5, 0.6) is 11.5 Å². The van der Waals surface area contributed by atoms with Crippen molar-refractivity contribution in [2.45, 2.75) is 12.8 Å². The molecule has 1 aliphatic rings. The molecule has 1 aromatic heterocycles. The van der Waals surface area contributed by atoms with Crippen LogP contribution < -0.4 is 14.8 Å². The second-order valence-corrected chi connectivity index (χ2v) is 7.94. The second-order valence-electron chi connectivity index (χ2n) is 6.85. The molecule has 6 nitrogen and oxygen atoms in total. The highest BCUT2D eigenvalue weighted by Gasteiger charge is 2.22. The molecule has 0 bridgehead atoms. The molecule has 0 radical (unpaired) electrons. The maximum absolute atomic E-state index is 12.9. The standard InChI is InChI=1S/C22H22N2O4S/c1-27-16-6-5-7-17(28-2)20(16)21(25)23-15-8-9-18-14(12-15)13-19(29-18)22(26)24-10-3-4-11-24/h5-9,12-13H,3-4,10-11H2,1-2H3,(H,23,25). The average Bonchev–Trinajstić information content (AvgIpc) is 3.42. The van der Waals surface area contributed by atoms with Crippen molar-refractivity contribution in [2.24, 2.45) is 0 Å². The number of carbonyl (C=O) groups is 2. The first-order valence-electron chi connectivity index (χ1n) is 9.46. The van der Waals surface area contributed by atoms with Crippen LogP contribution in [0.1, 0.15) is 32.9 Å². The Morgan fingerprint density at radius 2 is 1.69 bits per heavy atom. The molecule has 7 heteroatoms. The number of carbonyl (C=O) groups excluding carboxylic acids is 2. The minimum Gasteiger partial charge on any atom is -0.496 e. The van der Waals surface area contributed by atoms with E-state index in [0.29, 0.717) is 22.7 Å². The number of hydrogen-bond donors (Lipinski definition) is 1. The Labute approximate surface area is 173 Å². The SMILES string of the molecule is COc1cccc(OC)c1C(=O)Nc1ccc2sc(C(=O)N3CCCC3)cc2c1. The molecule has 0 aliphatic carbocycles. The molecule has 0 atom stereocenters. The van der Waals surface area contributed by atoms with Crippen molar-refractivity contribution in [3.63, 3.8) is 0 Å². The summed E-state index contributed by atoms with van der Waals surface area (Å²) in [4.78, 5) is 28.1. The molecule has 1 N–H and O–H groups in total. The molecule has 0 saturated carbocycles. The summed E-state index contributed by atoms with van der Waals surface area (Å²) in [5.41, 5.74) is 0.987. The van der Waals surface area contributed by atoms with Gasteiger partial charge in [-0.3, -0.25) is 9.59 Å². The van der Waals surface area contributed by atoms with E-state index in [2.05, 4.69) is 5.32 Å².